The number of carboxylic acids is 1. The Morgan fingerprint density at radius 3 is 2.50 bits per heavy atom. The molecule has 1 aromatic carbocycles. The molecule has 2 rings (SSSR count). The number of benzene rings is 1. The Morgan fingerprint density at radius 2 is 1.85 bits per heavy atom. The number of nitrogens with one attached hydrogen (secondary N) is 1. The van der Waals surface area contributed by atoms with Crippen molar-refractivity contribution in [1.29, 1.82) is 0 Å². The van der Waals surface area contributed by atoms with Gasteiger partial charge in [-0.25, -0.2) is 4.79 Å². The van der Waals surface area contributed by atoms with Crippen LogP contribution in [0.25, 0.3) is 0 Å². The van der Waals surface area contributed by atoms with Gasteiger partial charge in [0.1, 0.15) is 0 Å². The number of hydrogen-bond acceptors (Lipinski definition) is 3. The summed E-state index contributed by atoms with van der Waals surface area (Å²) < 4.78 is 0. The van der Waals surface area contributed by atoms with Crippen LogP contribution in [0.4, 0.5) is 11.4 Å². The summed E-state index contributed by atoms with van der Waals surface area (Å²) in [5, 5.41) is 12.4. The maximum atomic E-state index is 11.2. The molecule has 0 amide bonds. The molecule has 0 fully saturated rings. The van der Waals surface area contributed by atoms with Gasteiger partial charge in [-0.05, 0) is 23.1 Å². The molecule has 1 heterocycles. The van der Waals surface area contributed by atoms with E-state index in [2.05, 4.69) is 31.1 Å². The molecule has 0 unspecified atom stereocenters. The van der Waals surface area contributed by atoms with Crippen molar-refractivity contribution >= 4 is 17.3 Å². The van der Waals surface area contributed by atoms with Crippen molar-refractivity contribution in [3.8, 4) is 0 Å². The van der Waals surface area contributed by atoms with E-state index in [4.69, 9.17) is 0 Å². The van der Waals surface area contributed by atoms with E-state index >= 15 is 0 Å². The molecule has 2 N–H and O–H groups in total. The molecule has 0 atom stereocenters. The molecule has 0 aliphatic carbocycles. The number of para-hydroxylation sites is 1. The first kappa shape index (κ1) is 14.1. The van der Waals surface area contributed by atoms with Crippen molar-refractivity contribution < 1.29 is 9.90 Å². The van der Waals surface area contributed by atoms with Crippen LogP contribution in [-0.4, -0.2) is 16.1 Å². The predicted octanol–water partition coefficient (Wildman–Crippen LogP) is 3.82. The largest absolute Gasteiger partial charge is 0.478 e. The highest BCUT2D eigenvalue weighted by atomic mass is 16.4. The lowest BCUT2D eigenvalue weighted by atomic mass is 9.86. The lowest BCUT2D eigenvalue weighted by Gasteiger charge is -2.23. The zero-order chi connectivity index (χ0) is 14.8. The molecule has 0 saturated heterocycles. The Balaban J connectivity index is 2.44. The Labute approximate surface area is 118 Å². The Morgan fingerprint density at radius 1 is 1.15 bits per heavy atom. The number of carboxylic acid groups (broad SMARTS) is 1. The van der Waals surface area contributed by atoms with Gasteiger partial charge in [-0.15, -0.1) is 0 Å². The monoisotopic (exact) mass is 270 g/mol. The summed E-state index contributed by atoms with van der Waals surface area (Å²) in [6, 6.07) is 9.38. The summed E-state index contributed by atoms with van der Waals surface area (Å²) in [6.07, 6.45) is 3.01. The summed E-state index contributed by atoms with van der Waals surface area (Å²) in [5.41, 5.74) is 2.70. The molecule has 0 bridgehead atoms. The zero-order valence-corrected chi connectivity index (χ0v) is 11.8. The van der Waals surface area contributed by atoms with E-state index in [1.165, 1.54) is 18.5 Å². The van der Waals surface area contributed by atoms with E-state index in [1.54, 1.807) is 0 Å². The van der Waals surface area contributed by atoms with Crippen LogP contribution in [0.3, 0.4) is 0 Å². The van der Waals surface area contributed by atoms with Crippen LogP contribution in [0.2, 0.25) is 0 Å². The van der Waals surface area contributed by atoms with Crippen LogP contribution in [0, 0.1) is 0 Å². The second-order valence-electron chi connectivity index (χ2n) is 5.65. The minimum Gasteiger partial charge on any atom is -0.478 e. The maximum absolute atomic E-state index is 11.2. The third-order valence-electron chi connectivity index (χ3n) is 3.06. The van der Waals surface area contributed by atoms with E-state index in [0.29, 0.717) is 5.69 Å². The molecular formula is C16H18N2O2. The fraction of sp³-hybridized carbons (Fsp3) is 0.250. The van der Waals surface area contributed by atoms with Crippen LogP contribution < -0.4 is 5.32 Å². The molecule has 0 saturated carbocycles. The van der Waals surface area contributed by atoms with E-state index in [0.717, 1.165) is 11.3 Å². The van der Waals surface area contributed by atoms with Crippen molar-refractivity contribution in [3.63, 3.8) is 0 Å². The van der Waals surface area contributed by atoms with Crippen molar-refractivity contribution in [1.82, 2.24) is 4.98 Å². The van der Waals surface area contributed by atoms with Gasteiger partial charge in [0.15, 0.2) is 0 Å². The minimum absolute atomic E-state index is 0.0326. The molecule has 0 radical (unpaired) electrons. The SMILES string of the molecule is CC(C)(C)c1ccccc1Nc1cnccc1C(=O)O. The van der Waals surface area contributed by atoms with Gasteiger partial charge in [0.05, 0.1) is 17.4 Å². The molecular weight excluding hydrogens is 252 g/mol. The molecule has 4 nitrogen and oxygen atoms in total. The Hall–Kier alpha value is -2.36. The van der Waals surface area contributed by atoms with Crippen LogP contribution in [-0.2, 0) is 5.41 Å². The van der Waals surface area contributed by atoms with Crippen molar-refractivity contribution in [2.75, 3.05) is 5.32 Å². The number of pyridine rings is 1. The topological polar surface area (TPSA) is 62.2 Å². The van der Waals surface area contributed by atoms with Crippen LogP contribution >= 0.6 is 0 Å². The molecule has 4 heteroatoms. The van der Waals surface area contributed by atoms with Crippen LogP contribution in [0.1, 0.15) is 36.7 Å². The minimum atomic E-state index is -0.969. The van der Waals surface area contributed by atoms with E-state index in [9.17, 15) is 9.90 Å². The van der Waals surface area contributed by atoms with E-state index in [1.807, 2.05) is 24.3 Å². The summed E-state index contributed by atoms with van der Waals surface area (Å²) in [7, 11) is 0. The van der Waals surface area contributed by atoms with Gasteiger partial charge in [0, 0.05) is 11.9 Å². The molecule has 0 spiro atoms. The van der Waals surface area contributed by atoms with Gasteiger partial charge in [-0.2, -0.15) is 0 Å². The quantitative estimate of drug-likeness (QED) is 0.890. The van der Waals surface area contributed by atoms with E-state index in [-0.39, 0.29) is 11.0 Å². The highest BCUT2D eigenvalue weighted by Gasteiger charge is 2.18. The zero-order valence-electron chi connectivity index (χ0n) is 11.8. The molecule has 2 aromatic rings. The fourth-order valence-corrected chi connectivity index (χ4v) is 2.07. The first-order valence-corrected chi connectivity index (χ1v) is 6.43. The average molecular weight is 270 g/mol. The standard InChI is InChI=1S/C16H18N2O2/c1-16(2,3)12-6-4-5-7-13(12)18-14-10-17-9-8-11(14)15(19)20/h4-10,18H,1-3H3,(H,19,20). The van der Waals surface area contributed by atoms with Crippen molar-refractivity contribution in [3.05, 3.63) is 53.9 Å². The average Bonchev–Trinajstić information content (AvgIpc) is 2.38. The van der Waals surface area contributed by atoms with Gasteiger partial charge in [-0.3, -0.25) is 4.98 Å². The fourth-order valence-electron chi connectivity index (χ4n) is 2.07. The first-order valence-electron chi connectivity index (χ1n) is 6.43. The van der Waals surface area contributed by atoms with E-state index < -0.39 is 5.97 Å². The third-order valence-corrected chi connectivity index (χ3v) is 3.06. The Kier molecular flexibility index (Phi) is 3.74. The molecule has 1 aromatic heterocycles. The van der Waals surface area contributed by atoms with Crippen LogP contribution in [0.5, 0.6) is 0 Å². The number of anilines is 2. The number of aromatic nitrogens is 1. The first-order chi connectivity index (χ1) is 9.39. The summed E-state index contributed by atoms with van der Waals surface area (Å²) >= 11 is 0. The predicted molar refractivity (Wildman–Crippen MR) is 79.6 cm³/mol. The van der Waals surface area contributed by atoms with Crippen molar-refractivity contribution in [2.45, 2.75) is 26.2 Å². The number of carbonyl (C=O) groups is 1. The molecule has 20 heavy (non-hydrogen) atoms. The molecule has 104 valence electrons. The van der Waals surface area contributed by atoms with Crippen molar-refractivity contribution in [2.24, 2.45) is 0 Å². The second kappa shape index (κ2) is 5.33. The summed E-state index contributed by atoms with van der Waals surface area (Å²) in [4.78, 5) is 15.2. The molecule has 0 aliphatic heterocycles. The normalized spacial score (nSPS) is 11.2. The number of rotatable bonds is 3. The summed E-state index contributed by atoms with van der Waals surface area (Å²) in [5.74, 6) is -0.969. The lowest BCUT2D eigenvalue weighted by Crippen LogP contribution is -2.14. The number of hydrogen-bond donors (Lipinski definition) is 2. The summed E-state index contributed by atoms with van der Waals surface area (Å²) in [6.45, 7) is 6.36. The lowest BCUT2D eigenvalue weighted by molar-refractivity contribution is 0.0698. The highest BCUT2D eigenvalue weighted by Crippen LogP contribution is 2.31. The van der Waals surface area contributed by atoms with Gasteiger partial charge < -0.3 is 10.4 Å². The van der Waals surface area contributed by atoms with Gasteiger partial charge in [0.2, 0.25) is 0 Å². The molecule has 0 aliphatic rings. The third kappa shape index (κ3) is 2.96. The van der Waals surface area contributed by atoms with Gasteiger partial charge in [0.25, 0.3) is 0 Å². The maximum Gasteiger partial charge on any atom is 0.337 e. The second-order valence-corrected chi connectivity index (χ2v) is 5.65. The highest BCUT2D eigenvalue weighted by molar-refractivity contribution is 5.95. The van der Waals surface area contributed by atoms with Crippen LogP contribution in [0.15, 0.2) is 42.7 Å². The smallest absolute Gasteiger partial charge is 0.337 e. The Bertz CT molecular complexity index is 630. The number of nitrogens with zero attached hydrogens (tertiary/aromatic N) is 1. The number of aromatic carboxylic acids is 1. The van der Waals surface area contributed by atoms with Gasteiger partial charge >= 0.3 is 5.97 Å². The van der Waals surface area contributed by atoms with Gasteiger partial charge in [-0.1, -0.05) is 39.0 Å².